The van der Waals surface area contributed by atoms with Crippen LogP contribution in [0.5, 0.6) is 11.5 Å². The Morgan fingerprint density at radius 1 is 0.882 bits per heavy atom. The number of nitriles is 1. The van der Waals surface area contributed by atoms with Crippen LogP contribution >= 0.6 is 11.6 Å². The average molecular weight is 248 g/mol. The van der Waals surface area contributed by atoms with Crippen molar-refractivity contribution in [3.8, 4) is 17.6 Å². The normalized spacial score (nSPS) is 8.94. The van der Waals surface area contributed by atoms with Crippen LogP contribution in [0.15, 0.2) is 48.5 Å². The second-order valence-corrected chi connectivity index (χ2v) is 3.63. The van der Waals surface area contributed by atoms with Gasteiger partial charge in [-0.05, 0) is 48.5 Å². The van der Waals surface area contributed by atoms with Crippen molar-refractivity contribution in [3.05, 3.63) is 59.1 Å². The monoisotopic (exact) mass is 247 g/mol. The zero-order chi connectivity index (χ0) is 11.4. The van der Waals surface area contributed by atoms with Gasteiger partial charge in [-0.3, -0.25) is 0 Å². The molecule has 2 rings (SSSR count). The minimum absolute atomic E-state index is 0. The highest BCUT2D eigenvalue weighted by atomic mass is 35.5. The Balaban J connectivity index is 0.00000144. The molecule has 0 aliphatic carbocycles. The molecule has 0 saturated carbocycles. The number of hydrogen-bond acceptors (Lipinski definition) is 2. The second kappa shape index (κ2) is 5.90. The molecule has 0 aromatic heterocycles. The molecule has 0 amide bonds. The van der Waals surface area contributed by atoms with Gasteiger partial charge in [0.15, 0.2) is 0 Å². The summed E-state index contributed by atoms with van der Waals surface area (Å²) < 4.78 is 5.56. The fourth-order valence-electron chi connectivity index (χ4n) is 1.24. The Morgan fingerprint density at radius 3 is 1.82 bits per heavy atom. The summed E-state index contributed by atoms with van der Waals surface area (Å²) in [5, 5.41) is 9.32. The highest BCUT2D eigenvalue weighted by Gasteiger charge is 1.97. The van der Waals surface area contributed by atoms with Crippen LogP contribution in [0.1, 0.15) is 5.56 Å². The Hall–Kier alpha value is -2.02. The molecule has 2 aromatic carbocycles. The van der Waals surface area contributed by atoms with Crippen LogP contribution in [-0.4, -0.2) is 5.48 Å². The van der Waals surface area contributed by atoms with E-state index in [1.165, 1.54) is 0 Å². The highest BCUT2D eigenvalue weighted by Crippen LogP contribution is 2.22. The molecule has 4 heteroatoms. The lowest BCUT2D eigenvalue weighted by atomic mass is 10.2. The van der Waals surface area contributed by atoms with Gasteiger partial charge in [0.05, 0.1) is 11.6 Å². The fourth-order valence-corrected chi connectivity index (χ4v) is 1.36. The van der Waals surface area contributed by atoms with Gasteiger partial charge in [-0.25, -0.2) is 0 Å². The third-order valence-electron chi connectivity index (χ3n) is 2.03. The van der Waals surface area contributed by atoms with Crippen LogP contribution in [-0.2, 0) is 0 Å². The van der Waals surface area contributed by atoms with Crippen molar-refractivity contribution in [2.75, 3.05) is 0 Å². The van der Waals surface area contributed by atoms with Gasteiger partial charge in [-0.15, -0.1) is 0 Å². The fraction of sp³-hybridized carbons (Fsp3) is 0. The first kappa shape index (κ1) is 13.0. The zero-order valence-electron chi connectivity index (χ0n) is 8.85. The first-order valence-electron chi connectivity index (χ1n) is 4.71. The van der Waals surface area contributed by atoms with Crippen molar-refractivity contribution in [1.82, 2.24) is 0 Å². The van der Waals surface area contributed by atoms with Crippen molar-refractivity contribution < 1.29 is 10.2 Å². The molecule has 0 bridgehead atoms. The topological polar surface area (TPSA) is 64.5 Å². The SMILES string of the molecule is N#Cc1ccc(Oc2ccc(Cl)cc2)cc1.O. The van der Waals surface area contributed by atoms with Crippen LogP contribution in [0.25, 0.3) is 0 Å². The Morgan fingerprint density at radius 2 is 1.35 bits per heavy atom. The highest BCUT2D eigenvalue weighted by molar-refractivity contribution is 6.30. The maximum Gasteiger partial charge on any atom is 0.127 e. The van der Waals surface area contributed by atoms with Crippen molar-refractivity contribution in [1.29, 1.82) is 5.26 Å². The third kappa shape index (κ3) is 3.49. The number of hydrogen-bond donors (Lipinski definition) is 0. The lowest BCUT2D eigenvalue weighted by Crippen LogP contribution is -1.83. The maximum atomic E-state index is 8.64. The molecule has 0 aliphatic rings. The quantitative estimate of drug-likeness (QED) is 0.818. The molecular weight excluding hydrogens is 238 g/mol. The molecule has 0 spiro atoms. The summed E-state index contributed by atoms with van der Waals surface area (Å²) in [5.74, 6) is 1.41. The largest absolute Gasteiger partial charge is 0.457 e. The number of ether oxygens (including phenoxy) is 1. The Bertz CT molecular complexity index is 515. The predicted octanol–water partition coefficient (Wildman–Crippen LogP) is 3.18. The first-order chi connectivity index (χ1) is 7.78. The third-order valence-corrected chi connectivity index (χ3v) is 2.28. The van der Waals surface area contributed by atoms with Gasteiger partial charge in [0.1, 0.15) is 11.5 Å². The molecule has 3 nitrogen and oxygen atoms in total. The minimum atomic E-state index is 0. The molecule has 0 unspecified atom stereocenters. The average Bonchev–Trinajstić information content (AvgIpc) is 2.33. The summed E-state index contributed by atoms with van der Waals surface area (Å²) in [6.45, 7) is 0. The second-order valence-electron chi connectivity index (χ2n) is 3.19. The molecule has 0 heterocycles. The van der Waals surface area contributed by atoms with E-state index in [2.05, 4.69) is 6.07 Å². The Kier molecular flexibility index (Phi) is 4.53. The molecule has 0 atom stereocenters. The van der Waals surface area contributed by atoms with Crippen molar-refractivity contribution in [2.45, 2.75) is 0 Å². The summed E-state index contributed by atoms with van der Waals surface area (Å²) in [5.41, 5.74) is 0.614. The lowest BCUT2D eigenvalue weighted by molar-refractivity contribution is 0.482. The molecular formula is C13H10ClNO2. The summed E-state index contributed by atoms with van der Waals surface area (Å²) in [6, 6.07) is 16.1. The maximum absolute atomic E-state index is 8.64. The molecule has 0 fully saturated rings. The van der Waals surface area contributed by atoms with Gasteiger partial charge in [-0.1, -0.05) is 11.6 Å². The van der Waals surface area contributed by atoms with Gasteiger partial charge >= 0.3 is 0 Å². The number of halogens is 1. The lowest BCUT2D eigenvalue weighted by Gasteiger charge is -2.05. The van der Waals surface area contributed by atoms with Crippen LogP contribution in [0.3, 0.4) is 0 Å². The number of nitrogens with zero attached hydrogens (tertiary/aromatic N) is 1. The molecule has 0 radical (unpaired) electrons. The molecule has 17 heavy (non-hydrogen) atoms. The summed E-state index contributed by atoms with van der Waals surface area (Å²) in [6.07, 6.45) is 0. The molecule has 0 aliphatic heterocycles. The summed E-state index contributed by atoms with van der Waals surface area (Å²) in [7, 11) is 0. The standard InChI is InChI=1S/C13H8ClNO.H2O/c14-11-3-7-13(8-4-11)16-12-5-1-10(9-15)2-6-12;/h1-8H;1H2. The van der Waals surface area contributed by atoms with E-state index in [-0.39, 0.29) is 5.48 Å². The molecule has 86 valence electrons. The van der Waals surface area contributed by atoms with E-state index < -0.39 is 0 Å². The van der Waals surface area contributed by atoms with Crippen LogP contribution < -0.4 is 4.74 Å². The molecule has 0 saturated heterocycles. The van der Waals surface area contributed by atoms with E-state index in [9.17, 15) is 0 Å². The molecule has 2 N–H and O–H groups in total. The van der Waals surface area contributed by atoms with E-state index in [0.717, 1.165) is 0 Å². The van der Waals surface area contributed by atoms with Crippen molar-refractivity contribution in [2.24, 2.45) is 0 Å². The number of rotatable bonds is 2. The van der Waals surface area contributed by atoms with E-state index in [1.807, 2.05) is 0 Å². The smallest absolute Gasteiger partial charge is 0.127 e. The molecule has 2 aromatic rings. The number of benzene rings is 2. The van der Waals surface area contributed by atoms with Gasteiger partial charge in [0, 0.05) is 5.02 Å². The van der Waals surface area contributed by atoms with E-state index in [1.54, 1.807) is 48.5 Å². The predicted molar refractivity (Wildman–Crippen MR) is 66.3 cm³/mol. The van der Waals surface area contributed by atoms with Gasteiger partial charge in [-0.2, -0.15) is 5.26 Å². The van der Waals surface area contributed by atoms with Crippen LogP contribution in [0.2, 0.25) is 5.02 Å². The van der Waals surface area contributed by atoms with Gasteiger partial charge < -0.3 is 10.2 Å². The van der Waals surface area contributed by atoms with Crippen molar-refractivity contribution in [3.63, 3.8) is 0 Å². The van der Waals surface area contributed by atoms with Gasteiger partial charge in [0.2, 0.25) is 0 Å². The van der Waals surface area contributed by atoms with Gasteiger partial charge in [0.25, 0.3) is 0 Å². The Labute approximate surface area is 104 Å². The first-order valence-corrected chi connectivity index (χ1v) is 5.09. The summed E-state index contributed by atoms with van der Waals surface area (Å²) in [4.78, 5) is 0. The van der Waals surface area contributed by atoms with Crippen molar-refractivity contribution >= 4 is 11.6 Å². The van der Waals surface area contributed by atoms with Crippen LogP contribution in [0.4, 0.5) is 0 Å². The van der Waals surface area contributed by atoms with Crippen LogP contribution in [0, 0.1) is 11.3 Å². The summed E-state index contributed by atoms with van der Waals surface area (Å²) >= 11 is 5.76. The minimum Gasteiger partial charge on any atom is -0.457 e. The van der Waals surface area contributed by atoms with E-state index in [0.29, 0.717) is 22.1 Å². The van der Waals surface area contributed by atoms with E-state index in [4.69, 9.17) is 21.6 Å². The van der Waals surface area contributed by atoms with E-state index >= 15 is 0 Å². The zero-order valence-corrected chi connectivity index (χ0v) is 9.61.